The molecule has 1 amide bonds. The third-order valence-corrected chi connectivity index (χ3v) is 4.40. The van der Waals surface area contributed by atoms with Gasteiger partial charge in [-0.05, 0) is 25.5 Å². The van der Waals surface area contributed by atoms with Crippen LogP contribution < -0.4 is 0 Å². The van der Waals surface area contributed by atoms with Crippen molar-refractivity contribution in [1.82, 2.24) is 29.4 Å². The Labute approximate surface area is 136 Å². The van der Waals surface area contributed by atoms with Crippen molar-refractivity contribution in [3.05, 3.63) is 36.4 Å². The van der Waals surface area contributed by atoms with Crippen molar-refractivity contribution in [2.75, 3.05) is 20.1 Å². The lowest BCUT2D eigenvalue weighted by molar-refractivity contribution is -0.131. The number of carbonyl (C=O) groups excluding carboxylic acids is 1. The van der Waals surface area contributed by atoms with Gasteiger partial charge in [0, 0.05) is 50.8 Å². The number of carbonyl (C=O) groups is 1. The van der Waals surface area contributed by atoms with E-state index in [0.29, 0.717) is 19.1 Å². The highest BCUT2D eigenvalue weighted by atomic mass is 16.2. The first-order valence-corrected chi connectivity index (χ1v) is 8.05. The molecule has 2 aromatic rings. The zero-order valence-corrected chi connectivity index (χ0v) is 13.8. The normalized spacial score (nSPS) is 18.4. The Morgan fingerprint density at radius 1 is 1.43 bits per heavy atom. The predicted octanol–water partition coefficient (Wildman–Crippen LogP) is 0.740. The number of aryl methyl sites for hydroxylation is 1. The van der Waals surface area contributed by atoms with Crippen LogP contribution in [0, 0.1) is 0 Å². The molecule has 1 saturated heterocycles. The molecule has 1 atom stereocenters. The number of likely N-dealkylation sites (tertiary alicyclic amines) is 1. The number of hydrogen-bond acceptors (Lipinski definition) is 4. The summed E-state index contributed by atoms with van der Waals surface area (Å²) in [6.45, 7) is 2.91. The summed E-state index contributed by atoms with van der Waals surface area (Å²) >= 11 is 0. The van der Waals surface area contributed by atoms with E-state index in [1.54, 1.807) is 22.0 Å². The van der Waals surface area contributed by atoms with Gasteiger partial charge >= 0.3 is 0 Å². The van der Waals surface area contributed by atoms with Crippen LogP contribution >= 0.6 is 0 Å². The maximum Gasteiger partial charge on any atom is 0.236 e. The van der Waals surface area contributed by atoms with Crippen molar-refractivity contribution >= 4 is 5.91 Å². The first-order chi connectivity index (χ1) is 11.1. The molecule has 2 aromatic heterocycles. The van der Waals surface area contributed by atoms with E-state index in [1.807, 2.05) is 37.2 Å². The molecule has 0 unspecified atom stereocenters. The minimum atomic E-state index is 0.154. The molecular weight excluding hydrogens is 292 g/mol. The molecule has 0 radical (unpaired) electrons. The van der Waals surface area contributed by atoms with Gasteiger partial charge in [0.25, 0.3) is 0 Å². The zero-order chi connectivity index (χ0) is 16.2. The maximum atomic E-state index is 12.5. The van der Waals surface area contributed by atoms with E-state index in [0.717, 1.165) is 31.5 Å². The Hall–Kier alpha value is -2.15. The van der Waals surface area contributed by atoms with Crippen LogP contribution in [0.5, 0.6) is 0 Å². The molecule has 0 spiro atoms. The molecule has 1 aliphatic heterocycles. The summed E-state index contributed by atoms with van der Waals surface area (Å²) in [7, 11) is 3.74. The molecular formula is C16H24N6O. The second-order valence-electron chi connectivity index (χ2n) is 6.27. The molecule has 3 heterocycles. The first kappa shape index (κ1) is 15.7. The highest BCUT2D eigenvalue weighted by Crippen LogP contribution is 2.18. The van der Waals surface area contributed by atoms with Gasteiger partial charge in [0.05, 0.1) is 19.3 Å². The fourth-order valence-corrected chi connectivity index (χ4v) is 3.14. The molecule has 124 valence electrons. The maximum absolute atomic E-state index is 12.5. The summed E-state index contributed by atoms with van der Waals surface area (Å²) < 4.78 is 3.71. The lowest BCUT2D eigenvalue weighted by atomic mass is 10.2. The van der Waals surface area contributed by atoms with E-state index in [9.17, 15) is 4.79 Å². The summed E-state index contributed by atoms with van der Waals surface area (Å²) in [5, 5.41) is 8.42. The second-order valence-corrected chi connectivity index (χ2v) is 6.27. The summed E-state index contributed by atoms with van der Waals surface area (Å²) in [6, 6.07) is 2.33. The largest absolute Gasteiger partial charge is 0.340 e. The minimum absolute atomic E-state index is 0.154. The molecule has 0 bridgehead atoms. The van der Waals surface area contributed by atoms with Crippen LogP contribution in [-0.2, 0) is 24.9 Å². The average molecular weight is 316 g/mol. The standard InChI is InChI=1S/C16H24N6O/c1-19(10-14-9-18-20(2)11-14)16(23)13-21-7-3-5-15(21)12-22-8-4-6-17-22/h4,6,8-9,11,15H,3,5,7,10,12-13H2,1-2H3/t15-/m1/s1. The van der Waals surface area contributed by atoms with E-state index < -0.39 is 0 Å². The Morgan fingerprint density at radius 2 is 2.30 bits per heavy atom. The van der Waals surface area contributed by atoms with Crippen LogP contribution in [0.2, 0.25) is 0 Å². The fourth-order valence-electron chi connectivity index (χ4n) is 3.14. The number of rotatable bonds is 6. The molecule has 7 nitrogen and oxygen atoms in total. The van der Waals surface area contributed by atoms with E-state index in [2.05, 4.69) is 15.1 Å². The van der Waals surface area contributed by atoms with Gasteiger partial charge in [0.1, 0.15) is 0 Å². The Balaban J connectivity index is 1.53. The number of amides is 1. The summed E-state index contributed by atoms with van der Waals surface area (Å²) in [4.78, 5) is 16.6. The SMILES string of the molecule is CN(Cc1cnn(C)c1)C(=O)CN1CCC[C@@H]1Cn1cccn1. The molecule has 0 saturated carbocycles. The summed E-state index contributed by atoms with van der Waals surface area (Å²) in [5.74, 6) is 0.154. The van der Waals surface area contributed by atoms with Crippen LogP contribution in [0.25, 0.3) is 0 Å². The van der Waals surface area contributed by atoms with Crippen molar-refractivity contribution in [3.63, 3.8) is 0 Å². The van der Waals surface area contributed by atoms with Crippen LogP contribution in [-0.4, -0.2) is 61.4 Å². The van der Waals surface area contributed by atoms with Gasteiger partial charge in [-0.1, -0.05) is 0 Å². The summed E-state index contributed by atoms with van der Waals surface area (Å²) in [6.07, 6.45) is 9.80. The van der Waals surface area contributed by atoms with Gasteiger partial charge in [-0.2, -0.15) is 10.2 Å². The molecule has 0 aliphatic carbocycles. The zero-order valence-electron chi connectivity index (χ0n) is 13.8. The highest BCUT2D eigenvalue weighted by Gasteiger charge is 2.27. The van der Waals surface area contributed by atoms with Gasteiger partial charge in [-0.25, -0.2) is 0 Å². The van der Waals surface area contributed by atoms with Crippen molar-refractivity contribution in [3.8, 4) is 0 Å². The smallest absolute Gasteiger partial charge is 0.236 e. The van der Waals surface area contributed by atoms with Crippen LogP contribution in [0.15, 0.2) is 30.9 Å². The predicted molar refractivity (Wildman–Crippen MR) is 86.5 cm³/mol. The van der Waals surface area contributed by atoms with E-state index in [-0.39, 0.29) is 5.91 Å². The highest BCUT2D eigenvalue weighted by molar-refractivity contribution is 5.78. The third-order valence-electron chi connectivity index (χ3n) is 4.40. The first-order valence-electron chi connectivity index (χ1n) is 8.05. The quantitative estimate of drug-likeness (QED) is 0.789. The van der Waals surface area contributed by atoms with Crippen LogP contribution in [0.4, 0.5) is 0 Å². The Morgan fingerprint density at radius 3 is 3.00 bits per heavy atom. The van der Waals surface area contributed by atoms with Gasteiger partial charge in [0.15, 0.2) is 0 Å². The van der Waals surface area contributed by atoms with Crippen molar-refractivity contribution in [2.45, 2.75) is 32.0 Å². The second kappa shape index (κ2) is 6.95. The number of nitrogens with zero attached hydrogens (tertiary/aromatic N) is 6. The number of likely N-dealkylation sites (N-methyl/N-ethyl adjacent to an activating group) is 1. The van der Waals surface area contributed by atoms with Crippen molar-refractivity contribution in [2.24, 2.45) is 7.05 Å². The fraction of sp³-hybridized carbons (Fsp3) is 0.562. The summed E-state index contributed by atoms with van der Waals surface area (Å²) in [5.41, 5.74) is 1.05. The van der Waals surface area contributed by atoms with E-state index in [4.69, 9.17) is 0 Å². The molecule has 1 fully saturated rings. The van der Waals surface area contributed by atoms with Crippen LogP contribution in [0.1, 0.15) is 18.4 Å². The lowest BCUT2D eigenvalue weighted by Gasteiger charge is -2.26. The topological polar surface area (TPSA) is 59.2 Å². The van der Waals surface area contributed by atoms with Crippen molar-refractivity contribution in [1.29, 1.82) is 0 Å². The molecule has 1 aliphatic rings. The Kier molecular flexibility index (Phi) is 4.76. The van der Waals surface area contributed by atoms with Gasteiger partial charge in [-0.3, -0.25) is 19.1 Å². The minimum Gasteiger partial charge on any atom is -0.340 e. The Bertz CT molecular complexity index is 635. The molecule has 7 heteroatoms. The van der Waals surface area contributed by atoms with Crippen LogP contribution in [0.3, 0.4) is 0 Å². The molecule has 0 N–H and O–H groups in total. The lowest BCUT2D eigenvalue weighted by Crippen LogP contribution is -2.41. The van der Waals surface area contributed by atoms with Gasteiger partial charge in [-0.15, -0.1) is 0 Å². The third kappa shape index (κ3) is 3.98. The molecule has 3 rings (SSSR count). The van der Waals surface area contributed by atoms with Crippen molar-refractivity contribution < 1.29 is 4.79 Å². The average Bonchev–Trinajstić information content (AvgIpc) is 3.24. The van der Waals surface area contributed by atoms with E-state index in [1.165, 1.54) is 0 Å². The number of hydrogen-bond donors (Lipinski definition) is 0. The van der Waals surface area contributed by atoms with E-state index >= 15 is 0 Å². The van der Waals surface area contributed by atoms with Gasteiger partial charge in [0.2, 0.25) is 5.91 Å². The number of aromatic nitrogens is 4. The van der Waals surface area contributed by atoms with Gasteiger partial charge < -0.3 is 4.90 Å². The monoisotopic (exact) mass is 316 g/mol. The molecule has 0 aromatic carbocycles. The molecule has 23 heavy (non-hydrogen) atoms.